The predicted molar refractivity (Wildman–Crippen MR) is 77.5 cm³/mol. The first-order valence-electron chi connectivity index (χ1n) is 7.20. The lowest BCUT2D eigenvalue weighted by molar-refractivity contribution is -0.183. The summed E-state index contributed by atoms with van der Waals surface area (Å²) < 4.78 is 39.4. The highest BCUT2D eigenvalue weighted by Gasteiger charge is 2.41. The molecule has 0 atom stereocenters. The molecule has 4 nitrogen and oxygen atoms in total. The van der Waals surface area contributed by atoms with Crippen LogP contribution in [0, 0.1) is 5.92 Å². The second kappa shape index (κ2) is 5.30. The lowest BCUT2D eigenvalue weighted by Crippen LogP contribution is -2.33. The fourth-order valence-electron chi connectivity index (χ4n) is 3.08. The summed E-state index contributed by atoms with van der Waals surface area (Å²) in [5, 5.41) is 5.26. The molecule has 0 saturated heterocycles. The van der Waals surface area contributed by atoms with Crippen molar-refractivity contribution in [3.63, 3.8) is 0 Å². The van der Waals surface area contributed by atoms with Crippen molar-refractivity contribution < 1.29 is 13.2 Å². The molecule has 22 heavy (non-hydrogen) atoms. The molecule has 1 aromatic carbocycles. The molecule has 0 spiro atoms. The summed E-state index contributed by atoms with van der Waals surface area (Å²) in [7, 11) is 0. The minimum atomic E-state index is -4.15. The molecule has 3 rings (SSSR count). The van der Waals surface area contributed by atoms with Crippen molar-refractivity contribution >= 4 is 16.5 Å². The molecule has 7 heteroatoms. The van der Waals surface area contributed by atoms with E-state index in [0.717, 1.165) is 0 Å². The zero-order valence-electron chi connectivity index (χ0n) is 11.8. The smallest absolute Gasteiger partial charge is 0.391 e. The summed E-state index contributed by atoms with van der Waals surface area (Å²) in [5.74, 6) is -1.27. The molecule has 1 aromatic heterocycles. The molecule has 0 bridgehead atoms. The van der Waals surface area contributed by atoms with Gasteiger partial charge in [0.15, 0.2) is 0 Å². The van der Waals surface area contributed by atoms with E-state index in [9.17, 15) is 18.0 Å². The van der Waals surface area contributed by atoms with Crippen molar-refractivity contribution in [3.05, 3.63) is 34.7 Å². The molecule has 1 aliphatic carbocycles. The van der Waals surface area contributed by atoms with Crippen molar-refractivity contribution in [1.29, 1.82) is 0 Å². The Hall–Kier alpha value is -2.05. The third-order valence-corrected chi connectivity index (χ3v) is 4.34. The van der Waals surface area contributed by atoms with Crippen molar-refractivity contribution in [3.8, 4) is 0 Å². The van der Waals surface area contributed by atoms with Crippen LogP contribution in [0.5, 0.6) is 0 Å². The topological polar surface area (TPSA) is 60.9 Å². The number of nitrogen functional groups attached to an aromatic ring is 1. The first-order valence-corrected chi connectivity index (χ1v) is 7.20. The van der Waals surface area contributed by atoms with Crippen LogP contribution in [0.25, 0.3) is 10.8 Å². The van der Waals surface area contributed by atoms with E-state index in [1.54, 1.807) is 24.4 Å². The fourth-order valence-corrected chi connectivity index (χ4v) is 3.08. The lowest BCUT2D eigenvalue weighted by Gasteiger charge is -2.30. The SMILES string of the molecule is Nc1ccc2cnn(C3CCC(C(F)(F)F)CC3)c(=O)c2c1. The first kappa shape index (κ1) is 14.9. The Morgan fingerprint density at radius 3 is 2.50 bits per heavy atom. The van der Waals surface area contributed by atoms with E-state index in [4.69, 9.17) is 5.73 Å². The van der Waals surface area contributed by atoms with Crippen LogP contribution >= 0.6 is 0 Å². The van der Waals surface area contributed by atoms with Gasteiger partial charge in [0, 0.05) is 11.1 Å². The Balaban J connectivity index is 1.89. The normalized spacial score (nSPS) is 22.9. The fraction of sp³-hybridized carbons (Fsp3) is 0.467. The number of hydrogen-bond acceptors (Lipinski definition) is 3. The van der Waals surface area contributed by atoms with Gasteiger partial charge in [0.25, 0.3) is 5.56 Å². The minimum Gasteiger partial charge on any atom is -0.399 e. The number of hydrogen-bond donors (Lipinski definition) is 1. The van der Waals surface area contributed by atoms with Gasteiger partial charge in [-0.3, -0.25) is 4.79 Å². The second-order valence-electron chi connectivity index (χ2n) is 5.79. The van der Waals surface area contributed by atoms with Crippen LogP contribution < -0.4 is 11.3 Å². The van der Waals surface area contributed by atoms with E-state index in [0.29, 0.717) is 29.3 Å². The van der Waals surface area contributed by atoms with E-state index in [-0.39, 0.29) is 24.4 Å². The molecule has 0 amide bonds. The zero-order chi connectivity index (χ0) is 15.9. The molecule has 1 saturated carbocycles. The standard InChI is InChI=1S/C15H16F3N3O/c16-15(17,18)10-2-5-12(6-3-10)21-14(22)13-7-11(19)4-1-9(13)8-20-21/h1,4,7-8,10,12H,2-3,5-6,19H2. The Kier molecular flexibility index (Phi) is 3.58. The summed E-state index contributed by atoms with van der Waals surface area (Å²) in [4.78, 5) is 12.5. The number of nitrogens with zero attached hydrogens (tertiary/aromatic N) is 2. The number of rotatable bonds is 1. The Morgan fingerprint density at radius 2 is 1.86 bits per heavy atom. The average molecular weight is 311 g/mol. The van der Waals surface area contributed by atoms with Crippen LogP contribution in [0.4, 0.5) is 18.9 Å². The van der Waals surface area contributed by atoms with Gasteiger partial charge >= 0.3 is 6.18 Å². The summed E-state index contributed by atoms with van der Waals surface area (Å²) >= 11 is 0. The Bertz CT molecular complexity index is 746. The van der Waals surface area contributed by atoms with Crippen LogP contribution in [0.15, 0.2) is 29.2 Å². The van der Waals surface area contributed by atoms with E-state index < -0.39 is 12.1 Å². The van der Waals surface area contributed by atoms with E-state index in [1.807, 2.05) is 0 Å². The van der Waals surface area contributed by atoms with Gasteiger partial charge in [-0.15, -0.1) is 0 Å². The van der Waals surface area contributed by atoms with Gasteiger partial charge in [0.05, 0.1) is 23.5 Å². The lowest BCUT2D eigenvalue weighted by atomic mass is 9.85. The van der Waals surface area contributed by atoms with Crippen molar-refractivity contribution in [1.82, 2.24) is 9.78 Å². The van der Waals surface area contributed by atoms with Gasteiger partial charge < -0.3 is 5.73 Å². The number of benzene rings is 1. The van der Waals surface area contributed by atoms with Gasteiger partial charge in [0.2, 0.25) is 0 Å². The number of aromatic nitrogens is 2. The Labute approximate surface area is 124 Å². The molecular formula is C15H16F3N3O. The predicted octanol–water partition coefficient (Wildman–Crippen LogP) is 3.27. The molecule has 2 aromatic rings. The van der Waals surface area contributed by atoms with Crippen molar-refractivity contribution in [2.75, 3.05) is 5.73 Å². The van der Waals surface area contributed by atoms with Gasteiger partial charge in [-0.1, -0.05) is 6.07 Å². The maximum atomic E-state index is 12.7. The largest absolute Gasteiger partial charge is 0.399 e. The maximum Gasteiger partial charge on any atom is 0.391 e. The Morgan fingerprint density at radius 1 is 1.18 bits per heavy atom. The molecule has 0 radical (unpaired) electrons. The number of anilines is 1. The van der Waals surface area contributed by atoms with Crippen molar-refractivity contribution in [2.24, 2.45) is 5.92 Å². The third-order valence-electron chi connectivity index (χ3n) is 4.34. The summed E-state index contributed by atoms with van der Waals surface area (Å²) in [5.41, 5.74) is 5.88. The van der Waals surface area contributed by atoms with Crippen LogP contribution in [-0.2, 0) is 0 Å². The summed E-state index contributed by atoms with van der Waals surface area (Å²) in [6.45, 7) is 0. The zero-order valence-corrected chi connectivity index (χ0v) is 11.8. The van der Waals surface area contributed by atoms with E-state index >= 15 is 0 Å². The third kappa shape index (κ3) is 2.67. The van der Waals surface area contributed by atoms with Gasteiger partial charge in [-0.2, -0.15) is 18.3 Å². The highest BCUT2D eigenvalue weighted by Crippen LogP contribution is 2.40. The summed E-state index contributed by atoms with van der Waals surface area (Å²) in [6.07, 6.45) is -1.89. The molecule has 118 valence electrons. The van der Waals surface area contributed by atoms with Gasteiger partial charge in [-0.25, -0.2) is 4.68 Å². The highest BCUT2D eigenvalue weighted by molar-refractivity contribution is 5.83. The molecular weight excluding hydrogens is 295 g/mol. The highest BCUT2D eigenvalue weighted by atomic mass is 19.4. The van der Waals surface area contributed by atoms with Crippen LogP contribution in [0.3, 0.4) is 0 Å². The van der Waals surface area contributed by atoms with Crippen LogP contribution in [0.1, 0.15) is 31.7 Å². The number of nitrogens with two attached hydrogens (primary N) is 1. The van der Waals surface area contributed by atoms with E-state index in [2.05, 4.69) is 5.10 Å². The number of alkyl halides is 3. The molecule has 0 aliphatic heterocycles. The van der Waals surface area contributed by atoms with Gasteiger partial charge in [-0.05, 0) is 37.8 Å². The minimum absolute atomic E-state index is 0.0389. The van der Waals surface area contributed by atoms with Crippen LogP contribution in [-0.4, -0.2) is 16.0 Å². The van der Waals surface area contributed by atoms with Gasteiger partial charge in [0.1, 0.15) is 0 Å². The molecule has 2 N–H and O–H groups in total. The quantitative estimate of drug-likeness (QED) is 0.822. The van der Waals surface area contributed by atoms with Crippen LogP contribution in [0.2, 0.25) is 0 Å². The number of halogens is 3. The average Bonchev–Trinajstić information content (AvgIpc) is 2.47. The second-order valence-corrected chi connectivity index (χ2v) is 5.79. The maximum absolute atomic E-state index is 12.7. The summed E-state index contributed by atoms with van der Waals surface area (Å²) in [6, 6.07) is 4.70. The monoisotopic (exact) mass is 311 g/mol. The van der Waals surface area contributed by atoms with Crippen molar-refractivity contribution in [2.45, 2.75) is 37.9 Å². The molecule has 1 fully saturated rings. The first-order chi connectivity index (χ1) is 10.4. The number of fused-ring (bicyclic) bond motifs is 1. The molecule has 0 unspecified atom stereocenters. The van der Waals surface area contributed by atoms with E-state index in [1.165, 1.54) is 4.68 Å². The molecule has 1 aliphatic rings. The molecule has 1 heterocycles.